The van der Waals surface area contributed by atoms with E-state index in [-0.39, 0.29) is 11.7 Å². The second-order valence-corrected chi connectivity index (χ2v) is 5.47. The Kier molecular flexibility index (Phi) is 6.20. The summed E-state index contributed by atoms with van der Waals surface area (Å²) in [5, 5.41) is 15.9. The van der Waals surface area contributed by atoms with Crippen molar-refractivity contribution >= 4 is 11.7 Å². The minimum absolute atomic E-state index is 0.0723. The number of carbonyl (C=O) groups is 1. The first-order valence-corrected chi connectivity index (χ1v) is 7.19. The standard InChI is InChI=1S/C14H25N5O2/c1-5-19-12(8-11(4)16-19)14(20)18(9-10(2)3)7-6-13(15)17-21/h8,10,21H,5-7,9H2,1-4H3,(H2,15,17). The van der Waals surface area contributed by atoms with Crippen LogP contribution in [0.1, 0.15) is 43.4 Å². The van der Waals surface area contributed by atoms with Gasteiger partial charge in [-0.2, -0.15) is 5.10 Å². The molecule has 1 heterocycles. The van der Waals surface area contributed by atoms with Crippen LogP contribution in [0.3, 0.4) is 0 Å². The predicted molar refractivity (Wildman–Crippen MR) is 81.4 cm³/mol. The normalized spacial score (nSPS) is 12.0. The Labute approximate surface area is 125 Å². The summed E-state index contributed by atoms with van der Waals surface area (Å²) in [7, 11) is 0. The molecule has 21 heavy (non-hydrogen) atoms. The van der Waals surface area contributed by atoms with Crippen LogP contribution in [0.5, 0.6) is 0 Å². The summed E-state index contributed by atoms with van der Waals surface area (Å²) in [4.78, 5) is 14.4. The third kappa shape index (κ3) is 4.77. The highest BCUT2D eigenvalue weighted by atomic mass is 16.4. The topological polar surface area (TPSA) is 96.7 Å². The Morgan fingerprint density at radius 3 is 2.76 bits per heavy atom. The molecular weight excluding hydrogens is 270 g/mol. The highest BCUT2D eigenvalue weighted by Gasteiger charge is 2.21. The predicted octanol–water partition coefficient (Wildman–Crippen LogP) is 1.45. The van der Waals surface area contributed by atoms with Gasteiger partial charge in [0.25, 0.3) is 5.91 Å². The molecule has 3 N–H and O–H groups in total. The fourth-order valence-corrected chi connectivity index (χ4v) is 2.14. The van der Waals surface area contributed by atoms with Crippen LogP contribution >= 0.6 is 0 Å². The lowest BCUT2D eigenvalue weighted by molar-refractivity contribution is 0.0728. The van der Waals surface area contributed by atoms with Crippen molar-refractivity contribution in [3.8, 4) is 0 Å². The summed E-state index contributed by atoms with van der Waals surface area (Å²) >= 11 is 0. The smallest absolute Gasteiger partial charge is 0.272 e. The number of amidine groups is 1. The molecule has 1 aromatic rings. The Morgan fingerprint density at radius 2 is 2.24 bits per heavy atom. The SMILES string of the molecule is CCn1nc(C)cc1C(=O)N(CCC(N)=NO)CC(C)C. The van der Waals surface area contributed by atoms with Gasteiger partial charge in [0.2, 0.25) is 0 Å². The van der Waals surface area contributed by atoms with Crippen LogP contribution in [-0.4, -0.2) is 44.7 Å². The highest BCUT2D eigenvalue weighted by molar-refractivity contribution is 5.93. The molecule has 0 aromatic carbocycles. The summed E-state index contributed by atoms with van der Waals surface area (Å²) in [6.07, 6.45) is 0.341. The van der Waals surface area contributed by atoms with Gasteiger partial charge < -0.3 is 15.8 Å². The van der Waals surface area contributed by atoms with Gasteiger partial charge >= 0.3 is 0 Å². The van der Waals surface area contributed by atoms with E-state index in [1.165, 1.54) is 0 Å². The third-order valence-corrected chi connectivity index (χ3v) is 3.06. The third-order valence-electron chi connectivity index (χ3n) is 3.06. The Balaban J connectivity index is 2.93. The first-order valence-electron chi connectivity index (χ1n) is 7.19. The molecule has 0 aliphatic carbocycles. The van der Waals surface area contributed by atoms with Gasteiger partial charge in [-0.3, -0.25) is 9.48 Å². The molecule has 0 atom stereocenters. The van der Waals surface area contributed by atoms with Crippen LogP contribution in [0.2, 0.25) is 0 Å². The van der Waals surface area contributed by atoms with Crippen molar-refractivity contribution in [2.24, 2.45) is 16.8 Å². The summed E-state index contributed by atoms with van der Waals surface area (Å²) in [5.74, 6) is 0.383. The maximum Gasteiger partial charge on any atom is 0.272 e. The molecule has 0 saturated heterocycles. The lowest BCUT2D eigenvalue weighted by Gasteiger charge is -2.24. The Morgan fingerprint density at radius 1 is 1.57 bits per heavy atom. The molecule has 118 valence electrons. The summed E-state index contributed by atoms with van der Waals surface area (Å²) in [6, 6.07) is 1.79. The van der Waals surface area contributed by atoms with E-state index in [0.29, 0.717) is 37.7 Å². The van der Waals surface area contributed by atoms with Crippen molar-refractivity contribution in [3.63, 3.8) is 0 Å². The molecule has 0 spiro atoms. The molecule has 0 radical (unpaired) electrons. The Bertz CT molecular complexity index is 507. The molecule has 0 bridgehead atoms. The first-order chi connectivity index (χ1) is 9.88. The minimum Gasteiger partial charge on any atom is -0.409 e. The summed E-state index contributed by atoms with van der Waals surface area (Å²) in [5.41, 5.74) is 6.89. The fraction of sp³-hybridized carbons (Fsp3) is 0.643. The van der Waals surface area contributed by atoms with Crippen molar-refractivity contribution in [1.29, 1.82) is 0 Å². The van der Waals surface area contributed by atoms with E-state index in [0.717, 1.165) is 5.69 Å². The number of aromatic nitrogens is 2. The largest absolute Gasteiger partial charge is 0.409 e. The fourth-order valence-electron chi connectivity index (χ4n) is 2.14. The van der Waals surface area contributed by atoms with Crippen molar-refractivity contribution in [1.82, 2.24) is 14.7 Å². The van der Waals surface area contributed by atoms with Crippen molar-refractivity contribution < 1.29 is 10.0 Å². The van der Waals surface area contributed by atoms with Crippen LogP contribution in [0, 0.1) is 12.8 Å². The van der Waals surface area contributed by atoms with E-state index in [2.05, 4.69) is 10.3 Å². The molecule has 0 saturated carbocycles. The number of nitrogens with zero attached hydrogens (tertiary/aromatic N) is 4. The van der Waals surface area contributed by atoms with E-state index in [1.807, 2.05) is 27.7 Å². The molecule has 1 rings (SSSR count). The molecule has 0 unspecified atom stereocenters. The summed E-state index contributed by atoms with van der Waals surface area (Å²) < 4.78 is 1.70. The Hall–Kier alpha value is -2.05. The highest BCUT2D eigenvalue weighted by Crippen LogP contribution is 2.10. The average molecular weight is 295 g/mol. The van der Waals surface area contributed by atoms with E-state index in [4.69, 9.17) is 10.9 Å². The van der Waals surface area contributed by atoms with Crippen molar-refractivity contribution in [3.05, 3.63) is 17.5 Å². The number of rotatable bonds is 7. The van der Waals surface area contributed by atoms with E-state index >= 15 is 0 Å². The second-order valence-electron chi connectivity index (χ2n) is 5.47. The number of oxime groups is 1. The summed E-state index contributed by atoms with van der Waals surface area (Å²) in [6.45, 7) is 9.59. The van der Waals surface area contributed by atoms with Crippen molar-refractivity contribution in [2.75, 3.05) is 13.1 Å². The van der Waals surface area contributed by atoms with Gasteiger partial charge in [-0.1, -0.05) is 19.0 Å². The van der Waals surface area contributed by atoms with Crippen LogP contribution < -0.4 is 5.73 Å². The number of carbonyl (C=O) groups excluding carboxylic acids is 1. The number of aryl methyl sites for hydroxylation is 2. The monoisotopic (exact) mass is 295 g/mol. The maximum absolute atomic E-state index is 12.7. The number of nitrogens with two attached hydrogens (primary N) is 1. The van der Waals surface area contributed by atoms with Crippen LogP contribution in [-0.2, 0) is 6.54 Å². The molecule has 0 aliphatic rings. The van der Waals surface area contributed by atoms with Gasteiger partial charge in [0.05, 0.1) is 5.69 Å². The molecule has 7 heteroatoms. The molecule has 7 nitrogen and oxygen atoms in total. The zero-order valence-corrected chi connectivity index (χ0v) is 13.2. The average Bonchev–Trinajstić information content (AvgIpc) is 2.82. The van der Waals surface area contributed by atoms with Gasteiger partial charge in [0.1, 0.15) is 11.5 Å². The maximum atomic E-state index is 12.7. The number of hydrogen-bond acceptors (Lipinski definition) is 4. The molecule has 0 fully saturated rings. The van der Waals surface area contributed by atoms with E-state index in [9.17, 15) is 4.79 Å². The molecule has 0 aliphatic heterocycles. The van der Waals surface area contributed by atoms with Gasteiger partial charge in [-0.05, 0) is 25.8 Å². The van der Waals surface area contributed by atoms with Gasteiger partial charge in [0, 0.05) is 26.1 Å². The lowest BCUT2D eigenvalue weighted by Crippen LogP contribution is -2.37. The van der Waals surface area contributed by atoms with Gasteiger partial charge in [-0.25, -0.2) is 0 Å². The van der Waals surface area contributed by atoms with Crippen LogP contribution in [0.25, 0.3) is 0 Å². The zero-order valence-electron chi connectivity index (χ0n) is 13.2. The quantitative estimate of drug-likeness (QED) is 0.344. The van der Waals surface area contributed by atoms with E-state index in [1.54, 1.807) is 15.6 Å². The zero-order chi connectivity index (χ0) is 16.0. The van der Waals surface area contributed by atoms with Crippen molar-refractivity contribution in [2.45, 2.75) is 40.7 Å². The number of amides is 1. The van der Waals surface area contributed by atoms with Crippen LogP contribution in [0.4, 0.5) is 0 Å². The van der Waals surface area contributed by atoms with E-state index < -0.39 is 0 Å². The minimum atomic E-state index is -0.0723. The molecule has 1 amide bonds. The molecule has 1 aromatic heterocycles. The first kappa shape index (κ1) is 17.0. The number of hydrogen-bond donors (Lipinski definition) is 2. The van der Waals surface area contributed by atoms with Gasteiger partial charge in [0.15, 0.2) is 0 Å². The lowest BCUT2D eigenvalue weighted by atomic mass is 10.2. The van der Waals surface area contributed by atoms with Gasteiger partial charge in [-0.15, -0.1) is 0 Å². The molecular formula is C14H25N5O2. The second kappa shape index (κ2) is 7.66. The van der Waals surface area contributed by atoms with Crippen LogP contribution in [0.15, 0.2) is 11.2 Å².